The Balaban J connectivity index is 2.90. The number of hydrogen-bond acceptors (Lipinski definition) is 2. The lowest BCUT2D eigenvalue weighted by atomic mass is 10.1. The first-order chi connectivity index (χ1) is 9.85. The molecule has 4 nitrogen and oxygen atoms in total. The smallest absolute Gasteiger partial charge is 0.242 e. The van der Waals surface area contributed by atoms with Gasteiger partial charge in [0.25, 0.3) is 0 Å². The van der Waals surface area contributed by atoms with Gasteiger partial charge in [0.1, 0.15) is 6.04 Å². The number of nitrogens with zero attached hydrogens (tertiary/aromatic N) is 1. The zero-order valence-electron chi connectivity index (χ0n) is 13.6. The van der Waals surface area contributed by atoms with Gasteiger partial charge in [-0.05, 0) is 33.3 Å². The highest BCUT2D eigenvalue weighted by atomic mass is 16.2. The minimum atomic E-state index is -0.472. The minimum Gasteiger partial charge on any atom is -0.352 e. The molecule has 1 aromatic rings. The second-order valence-electron chi connectivity index (χ2n) is 5.70. The largest absolute Gasteiger partial charge is 0.352 e. The molecule has 0 aliphatic heterocycles. The lowest BCUT2D eigenvalue weighted by Gasteiger charge is -2.29. The van der Waals surface area contributed by atoms with Crippen molar-refractivity contribution < 1.29 is 9.59 Å². The Morgan fingerprint density at radius 2 is 1.90 bits per heavy atom. The van der Waals surface area contributed by atoms with E-state index < -0.39 is 6.04 Å². The summed E-state index contributed by atoms with van der Waals surface area (Å²) in [6, 6.07) is 7.61. The summed E-state index contributed by atoms with van der Waals surface area (Å²) in [6.07, 6.45) is 0.394. The molecule has 0 fully saturated rings. The van der Waals surface area contributed by atoms with Gasteiger partial charge in [-0.3, -0.25) is 9.59 Å². The van der Waals surface area contributed by atoms with Crippen LogP contribution < -0.4 is 5.32 Å². The number of nitrogens with one attached hydrogen (secondary N) is 1. The average Bonchev–Trinajstić information content (AvgIpc) is 2.42. The monoisotopic (exact) mass is 290 g/mol. The summed E-state index contributed by atoms with van der Waals surface area (Å²) in [4.78, 5) is 26.0. The number of amides is 2. The standard InChI is InChI=1S/C17H26N2O2/c1-6-16(20)19(14(5)17(21)18-12(2)3)11-15-9-7-8-13(4)10-15/h7-10,12,14H,6,11H2,1-5H3,(H,18,21). The molecular formula is C17H26N2O2. The van der Waals surface area contributed by atoms with Crippen LogP contribution in [0.3, 0.4) is 0 Å². The molecule has 4 heteroatoms. The van der Waals surface area contributed by atoms with Gasteiger partial charge in [-0.2, -0.15) is 0 Å². The molecule has 0 spiro atoms. The van der Waals surface area contributed by atoms with Crippen LogP contribution in [-0.4, -0.2) is 28.8 Å². The summed E-state index contributed by atoms with van der Waals surface area (Å²) in [7, 11) is 0. The molecular weight excluding hydrogens is 264 g/mol. The van der Waals surface area contributed by atoms with Crippen molar-refractivity contribution >= 4 is 11.8 Å². The Labute approximate surface area is 127 Å². The van der Waals surface area contributed by atoms with Crippen LogP contribution in [0.5, 0.6) is 0 Å². The van der Waals surface area contributed by atoms with Gasteiger partial charge in [0.05, 0.1) is 0 Å². The van der Waals surface area contributed by atoms with Gasteiger partial charge in [-0.25, -0.2) is 0 Å². The molecule has 0 aromatic heterocycles. The number of hydrogen-bond donors (Lipinski definition) is 1. The molecule has 1 N–H and O–H groups in total. The van der Waals surface area contributed by atoms with Crippen LogP contribution in [0.2, 0.25) is 0 Å². The van der Waals surface area contributed by atoms with E-state index in [1.54, 1.807) is 11.8 Å². The van der Waals surface area contributed by atoms with E-state index in [-0.39, 0.29) is 17.9 Å². The van der Waals surface area contributed by atoms with E-state index in [2.05, 4.69) is 5.32 Å². The molecule has 0 saturated carbocycles. The first-order valence-corrected chi connectivity index (χ1v) is 7.50. The fraction of sp³-hybridized carbons (Fsp3) is 0.529. The van der Waals surface area contributed by atoms with Crippen molar-refractivity contribution in [2.45, 2.75) is 59.7 Å². The summed E-state index contributed by atoms with van der Waals surface area (Å²) >= 11 is 0. The molecule has 0 bridgehead atoms. The van der Waals surface area contributed by atoms with E-state index in [0.29, 0.717) is 13.0 Å². The van der Waals surface area contributed by atoms with Crippen molar-refractivity contribution in [3.63, 3.8) is 0 Å². The lowest BCUT2D eigenvalue weighted by Crippen LogP contribution is -2.49. The summed E-state index contributed by atoms with van der Waals surface area (Å²) in [5.74, 6) is -0.123. The highest BCUT2D eigenvalue weighted by Crippen LogP contribution is 2.12. The molecule has 116 valence electrons. The van der Waals surface area contributed by atoms with Gasteiger partial charge in [0, 0.05) is 19.0 Å². The van der Waals surface area contributed by atoms with Crippen LogP contribution in [0, 0.1) is 6.92 Å². The molecule has 1 unspecified atom stereocenters. The van der Waals surface area contributed by atoms with Crippen LogP contribution in [0.1, 0.15) is 45.2 Å². The summed E-state index contributed by atoms with van der Waals surface area (Å²) < 4.78 is 0. The number of rotatable bonds is 6. The molecule has 0 heterocycles. The van der Waals surface area contributed by atoms with E-state index in [1.807, 2.05) is 52.0 Å². The number of carbonyl (C=O) groups is 2. The third kappa shape index (κ3) is 5.21. The maximum absolute atomic E-state index is 12.2. The predicted octanol–water partition coefficient (Wildman–Crippen LogP) is 2.65. The Bertz CT molecular complexity index is 497. The van der Waals surface area contributed by atoms with Gasteiger partial charge < -0.3 is 10.2 Å². The summed E-state index contributed by atoms with van der Waals surface area (Å²) in [6.45, 7) is 9.90. The Morgan fingerprint density at radius 1 is 1.24 bits per heavy atom. The van der Waals surface area contributed by atoms with Crippen molar-refractivity contribution in [2.24, 2.45) is 0 Å². The molecule has 1 atom stereocenters. The fourth-order valence-electron chi connectivity index (χ4n) is 2.20. The van der Waals surface area contributed by atoms with Crippen molar-refractivity contribution in [1.29, 1.82) is 0 Å². The Kier molecular flexibility index (Phi) is 6.40. The van der Waals surface area contributed by atoms with Crippen LogP contribution >= 0.6 is 0 Å². The second kappa shape index (κ2) is 7.81. The van der Waals surface area contributed by atoms with Crippen molar-refractivity contribution in [3.05, 3.63) is 35.4 Å². The van der Waals surface area contributed by atoms with Gasteiger partial charge in [0.2, 0.25) is 11.8 Å². The van der Waals surface area contributed by atoms with E-state index in [0.717, 1.165) is 11.1 Å². The zero-order valence-corrected chi connectivity index (χ0v) is 13.6. The van der Waals surface area contributed by atoms with Crippen LogP contribution in [-0.2, 0) is 16.1 Å². The predicted molar refractivity (Wildman–Crippen MR) is 84.8 cm³/mol. The van der Waals surface area contributed by atoms with Crippen molar-refractivity contribution in [3.8, 4) is 0 Å². The molecule has 0 saturated heterocycles. The van der Waals surface area contributed by atoms with Crippen LogP contribution in [0.15, 0.2) is 24.3 Å². The fourth-order valence-corrected chi connectivity index (χ4v) is 2.20. The topological polar surface area (TPSA) is 49.4 Å². The highest BCUT2D eigenvalue weighted by molar-refractivity contribution is 5.87. The van der Waals surface area contributed by atoms with Gasteiger partial charge in [0.15, 0.2) is 0 Å². The first kappa shape index (κ1) is 17.2. The highest BCUT2D eigenvalue weighted by Gasteiger charge is 2.25. The average molecular weight is 290 g/mol. The van der Waals surface area contributed by atoms with E-state index >= 15 is 0 Å². The first-order valence-electron chi connectivity index (χ1n) is 7.50. The number of aryl methyl sites for hydroxylation is 1. The second-order valence-corrected chi connectivity index (χ2v) is 5.70. The van der Waals surface area contributed by atoms with Gasteiger partial charge in [-0.1, -0.05) is 36.8 Å². The van der Waals surface area contributed by atoms with Crippen molar-refractivity contribution in [2.75, 3.05) is 0 Å². The quantitative estimate of drug-likeness (QED) is 0.875. The normalized spacial score (nSPS) is 12.1. The molecule has 2 amide bonds. The molecule has 0 aliphatic rings. The van der Waals surface area contributed by atoms with Gasteiger partial charge in [-0.15, -0.1) is 0 Å². The van der Waals surface area contributed by atoms with Gasteiger partial charge >= 0.3 is 0 Å². The number of carbonyl (C=O) groups excluding carboxylic acids is 2. The van der Waals surface area contributed by atoms with Crippen molar-refractivity contribution in [1.82, 2.24) is 10.2 Å². The van der Waals surface area contributed by atoms with Crippen LogP contribution in [0.25, 0.3) is 0 Å². The Hall–Kier alpha value is -1.84. The van der Waals surface area contributed by atoms with Crippen LogP contribution in [0.4, 0.5) is 0 Å². The third-order valence-corrected chi connectivity index (χ3v) is 3.34. The zero-order chi connectivity index (χ0) is 16.0. The minimum absolute atomic E-state index is 0.0112. The van der Waals surface area contributed by atoms with E-state index in [9.17, 15) is 9.59 Å². The molecule has 1 aromatic carbocycles. The third-order valence-electron chi connectivity index (χ3n) is 3.34. The molecule has 1 rings (SSSR count). The summed E-state index contributed by atoms with van der Waals surface area (Å²) in [5, 5.41) is 2.87. The summed E-state index contributed by atoms with van der Waals surface area (Å²) in [5.41, 5.74) is 2.19. The molecule has 0 aliphatic carbocycles. The Morgan fingerprint density at radius 3 is 2.43 bits per heavy atom. The number of benzene rings is 1. The lowest BCUT2D eigenvalue weighted by molar-refractivity contribution is -0.140. The maximum atomic E-state index is 12.2. The molecule has 0 radical (unpaired) electrons. The van der Waals surface area contributed by atoms with E-state index in [4.69, 9.17) is 0 Å². The molecule has 21 heavy (non-hydrogen) atoms. The SMILES string of the molecule is CCC(=O)N(Cc1cccc(C)c1)C(C)C(=O)NC(C)C. The maximum Gasteiger partial charge on any atom is 0.242 e. The van der Waals surface area contributed by atoms with E-state index in [1.165, 1.54) is 0 Å².